The molecule has 0 bridgehead atoms. The lowest BCUT2D eigenvalue weighted by atomic mass is 9.81. The molecule has 1 fully saturated rings. The highest BCUT2D eigenvalue weighted by molar-refractivity contribution is 6.53. The van der Waals surface area contributed by atoms with Crippen molar-refractivity contribution in [2.45, 2.75) is 64.4 Å². The quantitative estimate of drug-likeness (QED) is 0.728. The van der Waals surface area contributed by atoms with E-state index in [0.717, 1.165) is 6.42 Å². The zero-order chi connectivity index (χ0) is 15.5. The molecule has 2 unspecified atom stereocenters. The Morgan fingerprint density at radius 3 is 2.15 bits per heavy atom. The molecule has 1 saturated heterocycles. The Hall–Kier alpha value is -0.0300. The molecule has 118 valence electrons. The summed E-state index contributed by atoms with van der Waals surface area (Å²) in [5.74, 6) is -0.299. The van der Waals surface area contributed by atoms with Crippen LogP contribution in [0.1, 0.15) is 41.0 Å². The Bertz CT molecular complexity index is 322. The lowest BCUT2D eigenvalue weighted by molar-refractivity contribution is -0.287. The molecule has 0 saturated carbocycles. The van der Waals surface area contributed by atoms with E-state index in [9.17, 15) is 4.79 Å². The van der Waals surface area contributed by atoms with Crippen molar-refractivity contribution in [3.05, 3.63) is 0 Å². The van der Waals surface area contributed by atoms with Crippen molar-refractivity contribution in [2.24, 2.45) is 5.41 Å². The van der Waals surface area contributed by atoms with Crippen molar-refractivity contribution in [1.82, 2.24) is 4.90 Å². The van der Waals surface area contributed by atoms with Crippen LogP contribution >= 0.6 is 23.2 Å². The van der Waals surface area contributed by atoms with Crippen LogP contribution in [0.25, 0.3) is 0 Å². The summed E-state index contributed by atoms with van der Waals surface area (Å²) in [5, 5.41) is 0. The normalized spacial score (nSPS) is 29.5. The van der Waals surface area contributed by atoms with Gasteiger partial charge in [-0.15, -0.1) is 0 Å². The molecular weight excluding hydrogens is 301 g/mol. The summed E-state index contributed by atoms with van der Waals surface area (Å²) in [6.07, 6.45) is 0.501. The smallest absolute Gasteiger partial charge is 0.256 e. The zero-order valence-electron chi connectivity index (χ0n) is 12.9. The Morgan fingerprint density at radius 2 is 1.75 bits per heavy atom. The van der Waals surface area contributed by atoms with Crippen LogP contribution in [0.5, 0.6) is 0 Å². The van der Waals surface area contributed by atoms with Gasteiger partial charge in [0.15, 0.2) is 11.1 Å². The predicted molar refractivity (Wildman–Crippen MR) is 81.0 cm³/mol. The molecule has 0 aliphatic carbocycles. The van der Waals surface area contributed by atoms with Gasteiger partial charge >= 0.3 is 0 Å². The predicted octanol–water partition coefficient (Wildman–Crippen LogP) is 3.20. The third kappa shape index (κ3) is 4.23. The second-order valence-electron chi connectivity index (χ2n) is 5.89. The maximum atomic E-state index is 11.9. The molecule has 1 amide bonds. The highest BCUT2D eigenvalue weighted by Crippen LogP contribution is 2.35. The lowest BCUT2D eigenvalue weighted by Gasteiger charge is -2.46. The number of halogens is 2. The number of alkyl halides is 2. The Kier molecular flexibility index (Phi) is 6.58. The number of amides is 1. The first-order valence-corrected chi connectivity index (χ1v) is 7.95. The van der Waals surface area contributed by atoms with E-state index in [1.54, 1.807) is 4.90 Å². The number of nitrogens with zero attached hydrogens (tertiary/aromatic N) is 1. The van der Waals surface area contributed by atoms with Crippen LogP contribution in [-0.4, -0.2) is 47.2 Å². The highest BCUT2D eigenvalue weighted by atomic mass is 35.5. The van der Waals surface area contributed by atoms with Gasteiger partial charge in [-0.05, 0) is 20.3 Å². The molecule has 1 rings (SSSR count). The van der Waals surface area contributed by atoms with Gasteiger partial charge < -0.3 is 14.4 Å². The van der Waals surface area contributed by atoms with Gasteiger partial charge in [0.05, 0.1) is 18.8 Å². The third-order valence-corrected chi connectivity index (χ3v) is 4.54. The molecule has 0 aromatic rings. The minimum Gasteiger partial charge on any atom is -0.347 e. The molecule has 6 heteroatoms. The first kappa shape index (κ1) is 18.0. The summed E-state index contributed by atoms with van der Waals surface area (Å²) in [7, 11) is 0. The van der Waals surface area contributed by atoms with Crippen LogP contribution in [0, 0.1) is 5.41 Å². The fraction of sp³-hybridized carbons (Fsp3) is 0.929. The minimum atomic E-state index is -1.04. The van der Waals surface area contributed by atoms with E-state index in [4.69, 9.17) is 32.7 Å². The number of ether oxygens (including phenoxy) is 2. The highest BCUT2D eigenvalue weighted by Gasteiger charge is 2.41. The topological polar surface area (TPSA) is 38.8 Å². The maximum Gasteiger partial charge on any atom is 0.256 e. The number of hydrogen-bond donors (Lipinski definition) is 0. The fourth-order valence-corrected chi connectivity index (χ4v) is 2.41. The van der Waals surface area contributed by atoms with Crippen LogP contribution in [0.2, 0.25) is 0 Å². The summed E-state index contributed by atoms with van der Waals surface area (Å²) in [6.45, 7) is 11.2. The molecule has 2 atom stereocenters. The van der Waals surface area contributed by atoms with Gasteiger partial charge in [0.25, 0.3) is 5.91 Å². The number of hydrogen-bond acceptors (Lipinski definition) is 3. The van der Waals surface area contributed by atoms with Gasteiger partial charge in [0.2, 0.25) is 0 Å². The minimum absolute atomic E-state index is 0.0534. The molecule has 1 aliphatic heterocycles. The van der Waals surface area contributed by atoms with Gasteiger partial charge in [-0.25, -0.2) is 0 Å². The molecule has 0 N–H and O–H groups in total. The molecule has 0 aromatic carbocycles. The number of rotatable bonds is 5. The van der Waals surface area contributed by atoms with Crippen LogP contribution < -0.4 is 0 Å². The van der Waals surface area contributed by atoms with Crippen LogP contribution in [0.15, 0.2) is 0 Å². The van der Waals surface area contributed by atoms with Crippen molar-refractivity contribution >= 4 is 29.1 Å². The Morgan fingerprint density at radius 1 is 1.25 bits per heavy atom. The van der Waals surface area contributed by atoms with E-state index in [2.05, 4.69) is 13.8 Å². The lowest BCUT2D eigenvalue weighted by Crippen LogP contribution is -2.53. The maximum absolute atomic E-state index is 11.9. The molecule has 1 aliphatic rings. The second-order valence-corrected chi connectivity index (χ2v) is 6.99. The summed E-state index contributed by atoms with van der Waals surface area (Å²) in [6, 6.07) is 0. The van der Waals surface area contributed by atoms with Crippen LogP contribution in [-0.2, 0) is 14.3 Å². The molecule has 20 heavy (non-hydrogen) atoms. The summed E-state index contributed by atoms with van der Waals surface area (Å²) in [5.41, 5.74) is -0.0579. The summed E-state index contributed by atoms with van der Waals surface area (Å²) >= 11 is 11.3. The van der Waals surface area contributed by atoms with E-state index in [1.165, 1.54) is 0 Å². The fourth-order valence-electron chi connectivity index (χ4n) is 2.13. The average Bonchev–Trinajstić information content (AvgIpc) is 2.35. The first-order chi connectivity index (χ1) is 9.20. The molecule has 4 nitrogen and oxygen atoms in total. The van der Waals surface area contributed by atoms with E-state index in [-0.39, 0.29) is 23.5 Å². The zero-order valence-corrected chi connectivity index (χ0v) is 14.4. The van der Waals surface area contributed by atoms with Crippen molar-refractivity contribution in [3.63, 3.8) is 0 Å². The van der Waals surface area contributed by atoms with Crippen LogP contribution in [0.4, 0.5) is 0 Å². The molecule has 1 heterocycles. The Balaban J connectivity index is 2.68. The molecule has 0 spiro atoms. The SMILES string of the molecule is CCCN(CC1OC(C)C(C)(C)C(C)O1)C(=O)C(Cl)Cl. The van der Waals surface area contributed by atoms with E-state index in [1.807, 2.05) is 20.8 Å². The van der Waals surface area contributed by atoms with E-state index in [0.29, 0.717) is 13.1 Å². The monoisotopic (exact) mass is 325 g/mol. The summed E-state index contributed by atoms with van der Waals surface area (Å²) < 4.78 is 11.8. The van der Waals surface area contributed by atoms with Gasteiger partial charge in [-0.1, -0.05) is 44.0 Å². The van der Waals surface area contributed by atoms with Crippen molar-refractivity contribution in [3.8, 4) is 0 Å². The van der Waals surface area contributed by atoms with Gasteiger partial charge in [-0.2, -0.15) is 0 Å². The largest absolute Gasteiger partial charge is 0.347 e. The van der Waals surface area contributed by atoms with Crippen molar-refractivity contribution in [2.75, 3.05) is 13.1 Å². The summed E-state index contributed by atoms with van der Waals surface area (Å²) in [4.78, 5) is 12.5. The van der Waals surface area contributed by atoms with Crippen LogP contribution in [0.3, 0.4) is 0 Å². The number of carbonyl (C=O) groups is 1. The standard InChI is InChI=1S/C14H25Cl2NO3/c1-6-7-17(13(18)12(15)16)8-11-19-9(2)14(4,5)10(3)20-11/h9-12H,6-8H2,1-5H3. The second kappa shape index (κ2) is 7.30. The number of carbonyl (C=O) groups excluding carboxylic acids is 1. The molecule has 0 aromatic heterocycles. The van der Waals surface area contributed by atoms with E-state index < -0.39 is 11.1 Å². The van der Waals surface area contributed by atoms with Crippen molar-refractivity contribution in [1.29, 1.82) is 0 Å². The Labute approximate surface area is 131 Å². The van der Waals surface area contributed by atoms with E-state index >= 15 is 0 Å². The van der Waals surface area contributed by atoms with Gasteiger partial charge in [-0.3, -0.25) is 4.79 Å². The third-order valence-electron chi connectivity index (χ3n) is 4.17. The van der Waals surface area contributed by atoms with Gasteiger partial charge in [0, 0.05) is 12.0 Å². The molecular formula is C14H25Cl2NO3. The van der Waals surface area contributed by atoms with Crippen molar-refractivity contribution < 1.29 is 14.3 Å². The first-order valence-electron chi connectivity index (χ1n) is 7.08. The molecule has 0 radical (unpaired) electrons. The average molecular weight is 326 g/mol. The van der Waals surface area contributed by atoms with Gasteiger partial charge in [0.1, 0.15) is 0 Å².